The van der Waals surface area contributed by atoms with E-state index in [-0.39, 0.29) is 5.78 Å². The maximum absolute atomic E-state index is 10.9. The van der Waals surface area contributed by atoms with E-state index in [1.54, 1.807) is 0 Å². The Morgan fingerprint density at radius 3 is 2.33 bits per heavy atom. The largest absolute Gasteiger partial charge is 0.792 e. The molecule has 0 saturated carbocycles. The van der Waals surface area contributed by atoms with Crippen molar-refractivity contribution in [2.45, 2.75) is 32.1 Å². The van der Waals surface area contributed by atoms with E-state index in [4.69, 9.17) is 0 Å². The van der Waals surface area contributed by atoms with Crippen LogP contribution in [0.4, 0.5) is 0 Å². The lowest BCUT2D eigenvalue weighted by Crippen LogP contribution is -2.35. The molecule has 0 aliphatic rings. The van der Waals surface area contributed by atoms with Gasteiger partial charge in [-0.25, -0.2) is 0 Å². The highest BCUT2D eigenvalue weighted by molar-refractivity contribution is 6.27. The molecule has 0 spiro atoms. The van der Waals surface area contributed by atoms with Gasteiger partial charge in [0.05, 0.1) is 33.9 Å². The second-order valence-corrected chi connectivity index (χ2v) is 4.88. The molecule has 0 aliphatic carbocycles. The van der Waals surface area contributed by atoms with Gasteiger partial charge >= 0.3 is 0 Å². The molecule has 0 bridgehead atoms. The number of nitrogens with zero attached hydrogens (tertiary/aromatic N) is 2. The van der Waals surface area contributed by atoms with Crippen LogP contribution in [0.3, 0.4) is 0 Å². The zero-order valence-electron chi connectivity index (χ0n) is 10.0. The van der Waals surface area contributed by atoms with E-state index in [9.17, 15) is 10.0 Å². The summed E-state index contributed by atoms with van der Waals surface area (Å²) in [6.07, 6.45) is 5.58. The number of hydrogen-bond donors (Lipinski definition) is 0. The second kappa shape index (κ2) is 7.40. The van der Waals surface area contributed by atoms with Gasteiger partial charge in [-0.1, -0.05) is 6.42 Å². The van der Waals surface area contributed by atoms with Crippen LogP contribution in [-0.4, -0.2) is 44.2 Å². The molecule has 0 radical (unpaired) electrons. The van der Waals surface area contributed by atoms with Gasteiger partial charge in [-0.3, -0.25) is 4.79 Å². The van der Waals surface area contributed by atoms with Crippen molar-refractivity contribution in [2.24, 2.45) is 5.16 Å². The molecule has 0 amide bonds. The standard InChI is InChI=1S/C11H22N2O2/c1-13(2,3)9-7-5-4-6-8-11(14)10-12-15/h10H,4-9H2,1-3H3. The summed E-state index contributed by atoms with van der Waals surface area (Å²) in [4.78, 5) is 10.9. The average molecular weight is 214 g/mol. The van der Waals surface area contributed by atoms with Crippen molar-refractivity contribution in [1.82, 2.24) is 0 Å². The first-order chi connectivity index (χ1) is 6.95. The maximum Gasteiger partial charge on any atom is 0.173 e. The van der Waals surface area contributed by atoms with E-state index >= 15 is 0 Å². The summed E-state index contributed by atoms with van der Waals surface area (Å²) in [5.74, 6) is -0.156. The zero-order chi connectivity index (χ0) is 11.7. The van der Waals surface area contributed by atoms with Crippen LogP contribution in [0.2, 0.25) is 0 Å². The Labute approximate surface area is 92.2 Å². The van der Waals surface area contributed by atoms with Crippen molar-refractivity contribution in [2.75, 3.05) is 27.7 Å². The van der Waals surface area contributed by atoms with Gasteiger partial charge in [-0.15, -0.1) is 0 Å². The molecule has 4 nitrogen and oxygen atoms in total. The van der Waals surface area contributed by atoms with E-state index in [1.165, 1.54) is 6.42 Å². The van der Waals surface area contributed by atoms with Crippen LogP contribution < -0.4 is 0 Å². The van der Waals surface area contributed by atoms with Crippen LogP contribution in [0.15, 0.2) is 5.16 Å². The highest BCUT2D eigenvalue weighted by Crippen LogP contribution is 2.05. The predicted octanol–water partition coefficient (Wildman–Crippen LogP) is 1.78. The van der Waals surface area contributed by atoms with Crippen molar-refractivity contribution >= 4 is 12.0 Å². The topological polar surface area (TPSA) is 52.5 Å². The fourth-order valence-electron chi connectivity index (χ4n) is 1.36. The first kappa shape index (κ1) is 14.1. The molecule has 4 heteroatoms. The van der Waals surface area contributed by atoms with E-state index in [2.05, 4.69) is 26.3 Å². The highest BCUT2D eigenvalue weighted by Gasteiger charge is 2.05. The monoisotopic (exact) mass is 214 g/mol. The van der Waals surface area contributed by atoms with Crippen molar-refractivity contribution in [3.8, 4) is 0 Å². The normalized spacial score (nSPS) is 12.2. The molecule has 0 unspecified atom stereocenters. The smallest absolute Gasteiger partial charge is 0.173 e. The molecule has 0 N–H and O–H groups in total. The molecule has 0 rings (SSSR count). The molecule has 0 atom stereocenters. The van der Waals surface area contributed by atoms with E-state index in [0.29, 0.717) is 6.42 Å². The third-order valence-electron chi connectivity index (χ3n) is 2.20. The second-order valence-electron chi connectivity index (χ2n) is 4.88. The minimum absolute atomic E-state index is 0.156. The molecular weight excluding hydrogens is 192 g/mol. The SMILES string of the molecule is C[N+](C)(C)CCCCCCC(=O)/C=N/[O-]. The predicted molar refractivity (Wildman–Crippen MR) is 62.9 cm³/mol. The Bertz CT molecular complexity index is 207. The van der Waals surface area contributed by atoms with Crippen molar-refractivity contribution in [1.29, 1.82) is 0 Å². The zero-order valence-corrected chi connectivity index (χ0v) is 10.0. The molecule has 0 aromatic rings. The van der Waals surface area contributed by atoms with Gasteiger partial charge in [-0.05, 0) is 19.3 Å². The molecule has 0 heterocycles. The summed E-state index contributed by atoms with van der Waals surface area (Å²) in [5.41, 5.74) is 0. The van der Waals surface area contributed by atoms with Crippen LogP contribution in [0, 0.1) is 5.21 Å². The number of carbonyl (C=O) groups is 1. The Morgan fingerprint density at radius 1 is 1.20 bits per heavy atom. The van der Waals surface area contributed by atoms with Gasteiger partial charge in [0.25, 0.3) is 0 Å². The first-order valence-corrected chi connectivity index (χ1v) is 5.44. The van der Waals surface area contributed by atoms with Crippen molar-refractivity contribution in [3.63, 3.8) is 0 Å². The Morgan fingerprint density at radius 2 is 1.80 bits per heavy atom. The molecule has 88 valence electrons. The Hall–Kier alpha value is -0.900. The highest BCUT2D eigenvalue weighted by atomic mass is 16.4. The van der Waals surface area contributed by atoms with Crippen LogP contribution in [0.5, 0.6) is 0 Å². The maximum atomic E-state index is 10.9. The van der Waals surface area contributed by atoms with Crippen LogP contribution in [0.25, 0.3) is 0 Å². The quantitative estimate of drug-likeness (QED) is 0.268. The van der Waals surface area contributed by atoms with Gasteiger partial charge in [-0.2, -0.15) is 0 Å². The lowest BCUT2D eigenvalue weighted by molar-refractivity contribution is -0.870. The minimum atomic E-state index is -0.156. The first-order valence-electron chi connectivity index (χ1n) is 5.44. The molecule has 15 heavy (non-hydrogen) atoms. The number of carbonyl (C=O) groups excluding carboxylic acids is 1. The van der Waals surface area contributed by atoms with Crippen molar-refractivity contribution in [3.05, 3.63) is 5.21 Å². The number of quaternary nitrogens is 1. The number of unbranched alkanes of at least 4 members (excludes halogenated alkanes) is 3. The van der Waals surface area contributed by atoms with E-state index in [0.717, 1.165) is 36.5 Å². The third kappa shape index (κ3) is 11.0. The van der Waals surface area contributed by atoms with E-state index in [1.807, 2.05) is 0 Å². The molecule has 0 saturated heterocycles. The number of Topliss-reactive ketones (excluding diaryl/α,β-unsaturated/α-hetero) is 1. The summed E-state index contributed by atoms with van der Waals surface area (Å²) in [7, 11) is 6.52. The molecule has 0 fully saturated rings. The van der Waals surface area contributed by atoms with Gasteiger partial charge in [0, 0.05) is 6.42 Å². The van der Waals surface area contributed by atoms with Gasteiger partial charge < -0.3 is 14.8 Å². The fourth-order valence-corrected chi connectivity index (χ4v) is 1.36. The van der Waals surface area contributed by atoms with Gasteiger partial charge in [0.15, 0.2) is 5.78 Å². The van der Waals surface area contributed by atoms with Crippen LogP contribution in [0.1, 0.15) is 32.1 Å². The number of rotatable bonds is 8. The fraction of sp³-hybridized carbons (Fsp3) is 0.818. The summed E-state index contributed by atoms with van der Waals surface area (Å²) < 4.78 is 0.988. The van der Waals surface area contributed by atoms with E-state index < -0.39 is 0 Å². The molecule has 0 aromatic heterocycles. The number of ketones is 1. The number of hydrogen-bond acceptors (Lipinski definition) is 3. The lowest BCUT2D eigenvalue weighted by atomic mass is 10.1. The van der Waals surface area contributed by atoms with Gasteiger partial charge in [0.1, 0.15) is 0 Å². The van der Waals surface area contributed by atoms with Crippen LogP contribution >= 0.6 is 0 Å². The Balaban J connectivity index is 3.29. The Kier molecular flexibility index (Phi) is 6.96. The van der Waals surface area contributed by atoms with Crippen molar-refractivity contribution < 1.29 is 9.28 Å². The summed E-state index contributed by atoms with van der Waals surface area (Å²) in [6, 6.07) is 0. The average Bonchev–Trinajstić information content (AvgIpc) is 2.09. The summed E-state index contributed by atoms with van der Waals surface area (Å²) in [5, 5.41) is 12.2. The third-order valence-corrected chi connectivity index (χ3v) is 2.20. The summed E-state index contributed by atoms with van der Waals surface area (Å²) in [6.45, 7) is 1.16. The van der Waals surface area contributed by atoms with Crippen LogP contribution in [-0.2, 0) is 4.79 Å². The summed E-state index contributed by atoms with van der Waals surface area (Å²) >= 11 is 0. The lowest BCUT2D eigenvalue weighted by Gasteiger charge is -2.23. The molecule has 0 aromatic carbocycles. The van der Waals surface area contributed by atoms with Gasteiger partial charge in [0.2, 0.25) is 0 Å². The molecular formula is C11H22N2O2. The molecule has 0 aliphatic heterocycles. The minimum Gasteiger partial charge on any atom is -0.792 e.